The summed E-state index contributed by atoms with van der Waals surface area (Å²) in [6.07, 6.45) is -0.396. The van der Waals surface area contributed by atoms with Crippen LogP contribution in [0.3, 0.4) is 0 Å². The lowest BCUT2D eigenvalue weighted by Crippen LogP contribution is -2.51. The molecule has 2 amide bonds. The zero-order valence-electron chi connectivity index (χ0n) is 18.2. The average Bonchev–Trinajstić information content (AvgIpc) is 2.74. The molecule has 1 aliphatic rings. The predicted octanol–water partition coefficient (Wildman–Crippen LogP) is 3.83. The first kappa shape index (κ1) is 23.9. The molecule has 0 aliphatic carbocycles. The number of hydrogen-bond acceptors (Lipinski definition) is 5. The van der Waals surface area contributed by atoms with Crippen LogP contribution in [0.5, 0.6) is 0 Å². The van der Waals surface area contributed by atoms with Crippen LogP contribution in [0.25, 0.3) is 0 Å². The molecule has 3 rings (SSSR count). The van der Waals surface area contributed by atoms with Gasteiger partial charge in [-0.2, -0.15) is 0 Å². The Kier molecular flexibility index (Phi) is 7.00. The van der Waals surface area contributed by atoms with E-state index in [4.69, 9.17) is 16.3 Å². The number of hydrogen-bond donors (Lipinski definition) is 1. The Balaban J connectivity index is 1.60. The summed E-state index contributed by atoms with van der Waals surface area (Å²) in [5.41, 5.74) is 0.188. The second kappa shape index (κ2) is 9.38. The number of nitrogens with one attached hydrogen (secondary N) is 1. The fourth-order valence-corrected chi connectivity index (χ4v) is 4.29. The topological polar surface area (TPSA) is 96.0 Å². The van der Waals surface area contributed by atoms with E-state index in [0.29, 0.717) is 42.5 Å². The Bertz CT molecular complexity index is 1070. The number of halogens is 1. The summed E-state index contributed by atoms with van der Waals surface area (Å²) in [7, 11) is -3.80. The molecule has 8 nitrogen and oxygen atoms in total. The highest BCUT2D eigenvalue weighted by molar-refractivity contribution is 7.92. The van der Waals surface area contributed by atoms with Gasteiger partial charge < -0.3 is 14.5 Å². The third-order valence-electron chi connectivity index (χ3n) is 4.73. The third kappa shape index (κ3) is 6.14. The monoisotopic (exact) mass is 479 g/mol. The minimum Gasteiger partial charge on any atom is -0.444 e. The van der Waals surface area contributed by atoms with Gasteiger partial charge in [0.2, 0.25) is 0 Å². The molecular weight excluding hydrogens is 454 g/mol. The van der Waals surface area contributed by atoms with E-state index >= 15 is 0 Å². The number of sulfonamides is 1. The summed E-state index contributed by atoms with van der Waals surface area (Å²) in [6, 6.07) is 12.1. The first-order valence-corrected chi connectivity index (χ1v) is 12.0. The number of carbonyl (C=O) groups excluding carboxylic acids is 2. The molecule has 0 bridgehead atoms. The molecule has 0 saturated carbocycles. The van der Waals surface area contributed by atoms with Gasteiger partial charge in [-0.15, -0.1) is 0 Å². The lowest BCUT2D eigenvalue weighted by molar-refractivity contribution is 0.0141. The quantitative estimate of drug-likeness (QED) is 0.718. The first-order valence-electron chi connectivity index (χ1n) is 10.1. The Morgan fingerprint density at radius 1 is 0.906 bits per heavy atom. The summed E-state index contributed by atoms with van der Waals surface area (Å²) in [5, 5.41) is 0.503. The van der Waals surface area contributed by atoms with E-state index in [0.717, 1.165) is 0 Å². The molecule has 1 aliphatic heterocycles. The minimum atomic E-state index is -3.80. The SMILES string of the molecule is CC(C)(C)OC(=O)N1CCN(C(=O)c2ccc(S(=O)(=O)Nc3ccc(Cl)cc3)cc2)CC1. The van der Waals surface area contributed by atoms with E-state index in [9.17, 15) is 18.0 Å². The Hall–Kier alpha value is -2.78. The normalized spacial score (nSPS) is 14.8. The van der Waals surface area contributed by atoms with Crippen molar-refractivity contribution in [1.29, 1.82) is 0 Å². The van der Waals surface area contributed by atoms with Crippen molar-refractivity contribution in [2.45, 2.75) is 31.3 Å². The van der Waals surface area contributed by atoms with Crippen molar-refractivity contribution in [3.8, 4) is 0 Å². The molecule has 1 heterocycles. The molecule has 2 aromatic carbocycles. The summed E-state index contributed by atoms with van der Waals surface area (Å²) in [4.78, 5) is 28.2. The number of carbonyl (C=O) groups is 2. The molecule has 1 saturated heterocycles. The third-order valence-corrected chi connectivity index (χ3v) is 6.38. The van der Waals surface area contributed by atoms with Crippen molar-refractivity contribution in [2.75, 3.05) is 30.9 Å². The number of rotatable bonds is 4. The molecule has 0 aromatic heterocycles. The summed E-state index contributed by atoms with van der Waals surface area (Å²) < 4.78 is 33.0. The van der Waals surface area contributed by atoms with E-state index in [1.165, 1.54) is 24.3 Å². The maximum Gasteiger partial charge on any atom is 0.410 e. The van der Waals surface area contributed by atoms with Gasteiger partial charge in [0.25, 0.3) is 15.9 Å². The van der Waals surface area contributed by atoms with Gasteiger partial charge in [0, 0.05) is 42.5 Å². The summed E-state index contributed by atoms with van der Waals surface area (Å²) in [6.45, 7) is 6.90. The van der Waals surface area contributed by atoms with Crippen molar-refractivity contribution >= 4 is 39.3 Å². The van der Waals surface area contributed by atoms with Crippen LogP contribution >= 0.6 is 11.6 Å². The van der Waals surface area contributed by atoms with Crippen LogP contribution in [0, 0.1) is 0 Å². The fraction of sp³-hybridized carbons (Fsp3) is 0.364. The molecule has 1 N–H and O–H groups in total. The molecule has 2 aromatic rings. The van der Waals surface area contributed by atoms with Gasteiger partial charge in [-0.25, -0.2) is 13.2 Å². The smallest absolute Gasteiger partial charge is 0.410 e. The van der Waals surface area contributed by atoms with Gasteiger partial charge in [0.1, 0.15) is 5.60 Å². The minimum absolute atomic E-state index is 0.0405. The Morgan fingerprint density at radius 3 is 1.97 bits per heavy atom. The lowest BCUT2D eigenvalue weighted by Gasteiger charge is -2.35. The molecule has 172 valence electrons. The molecule has 0 unspecified atom stereocenters. The van der Waals surface area contributed by atoms with E-state index in [1.807, 2.05) is 0 Å². The van der Waals surface area contributed by atoms with Crippen LogP contribution in [-0.4, -0.2) is 62.0 Å². The number of piperazine rings is 1. The highest BCUT2D eigenvalue weighted by Crippen LogP contribution is 2.20. The van der Waals surface area contributed by atoms with Crippen molar-refractivity contribution in [1.82, 2.24) is 9.80 Å². The molecule has 1 fully saturated rings. The maximum atomic E-state index is 12.8. The van der Waals surface area contributed by atoms with Crippen molar-refractivity contribution in [2.24, 2.45) is 0 Å². The molecule has 0 atom stereocenters. The number of anilines is 1. The van der Waals surface area contributed by atoms with Gasteiger partial charge in [-0.3, -0.25) is 9.52 Å². The number of benzene rings is 2. The van der Waals surface area contributed by atoms with E-state index < -0.39 is 21.7 Å². The fourth-order valence-electron chi connectivity index (χ4n) is 3.11. The number of amides is 2. The van der Waals surface area contributed by atoms with Gasteiger partial charge in [-0.1, -0.05) is 11.6 Å². The molecular formula is C22H26ClN3O5S. The van der Waals surface area contributed by atoms with Gasteiger partial charge in [0.05, 0.1) is 4.90 Å². The summed E-state index contributed by atoms with van der Waals surface area (Å²) in [5.74, 6) is -0.219. The number of nitrogens with zero attached hydrogens (tertiary/aromatic N) is 2. The van der Waals surface area contributed by atoms with Crippen molar-refractivity contribution in [3.63, 3.8) is 0 Å². The van der Waals surface area contributed by atoms with Crippen LogP contribution in [0.2, 0.25) is 5.02 Å². The Morgan fingerprint density at radius 2 is 1.44 bits per heavy atom. The average molecular weight is 480 g/mol. The highest BCUT2D eigenvalue weighted by atomic mass is 35.5. The predicted molar refractivity (Wildman–Crippen MR) is 122 cm³/mol. The molecule has 32 heavy (non-hydrogen) atoms. The van der Waals surface area contributed by atoms with Gasteiger partial charge in [0.15, 0.2) is 0 Å². The maximum absolute atomic E-state index is 12.8. The standard InChI is InChI=1S/C22H26ClN3O5S/c1-22(2,3)31-21(28)26-14-12-25(13-15-26)20(27)16-4-10-19(11-5-16)32(29,30)24-18-8-6-17(23)7-9-18/h4-11,24H,12-15H2,1-3H3. The van der Waals surface area contributed by atoms with Crippen LogP contribution < -0.4 is 4.72 Å². The van der Waals surface area contributed by atoms with E-state index in [1.54, 1.807) is 54.8 Å². The van der Waals surface area contributed by atoms with Crippen molar-refractivity contribution in [3.05, 3.63) is 59.1 Å². The largest absolute Gasteiger partial charge is 0.444 e. The van der Waals surface area contributed by atoms with E-state index in [-0.39, 0.29) is 10.8 Å². The van der Waals surface area contributed by atoms with Crippen LogP contribution in [0.4, 0.5) is 10.5 Å². The molecule has 0 spiro atoms. The van der Waals surface area contributed by atoms with Crippen LogP contribution in [0.15, 0.2) is 53.4 Å². The Labute approximate surface area is 193 Å². The number of ether oxygens (including phenoxy) is 1. The lowest BCUT2D eigenvalue weighted by atomic mass is 10.2. The van der Waals surface area contributed by atoms with Crippen LogP contribution in [-0.2, 0) is 14.8 Å². The summed E-state index contributed by atoms with van der Waals surface area (Å²) >= 11 is 5.82. The zero-order chi connectivity index (χ0) is 23.5. The van der Waals surface area contributed by atoms with E-state index in [2.05, 4.69) is 4.72 Å². The first-order chi connectivity index (χ1) is 14.9. The zero-order valence-corrected chi connectivity index (χ0v) is 19.7. The molecule has 0 radical (unpaired) electrons. The molecule has 10 heteroatoms. The van der Waals surface area contributed by atoms with Crippen molar-refractivity contribution < 1.29 is 22.7 Å². The van der Waals surface area contributed by atoms with Gasteiger partial charge in [-0.05, 0) is 69.3 Å². The van der Waals surface area contributed by atoms with Gasteiger partial charge >= 0.3 is 6.09 Å². The highest BCUT2D eigenvalue weighted by Gasteiger charge is 2.28. The second-order valence-corrected chi connectivity index (χ2v) is 10.5. The van der Waals surface area contributed by atoms with Crippen LogP contribution in [0.1, 0.15) is 31.1 Å². The second-order valence-electron chi connectivity index (χ2n) is 8.40.